The van der Waals surface area contributed by atoms with Crippen molar-refractivity contribution in [3.05, 3.63) is 71.4 Å². The van der Waals surface area contributed by atoms with E-state index < -0.39 is 23.8 Å². The van der Waals surface area contributed by atoms with E-state index in [9.17, 15) is 9.59 Å². The quantitative estimate of drug-likeness (QED) is 0.308. The molecule has 1 aliphatic rings. The van der Waals surface area contributed by atoms with Crippen molar-refractivity contribution in [3.63, 3.8) is 0 Å². The summed E-state index contributed by atoms with van der Waals surface area (Å²) in [5, 5.41) is 9.36. The second-order valence-electron chi connectivity index (χ2n) is 10.4. The molecule has 1 aromatic heterocycles. The number of unbranched alkanes of at least 4 members (excludes halogenated alkanes) is 1. The van der Waals surface area contributed by atoms with Crippen LogP contribution in [0.2, 0.25) is 0 Å². The van der Waals surface area contributed by atoms with Gasteiger partial charge in [0, 0.05) is 12.5 Å². The minimum Gasteiger partial charge on any atom is -0.449 e. The molecule has 0 saturated heterocycles. The zero-order valence-corrected chi connectivity index (χ0v) is 22.9. The molecule has 1 heterocycles. The first-order chi connectivity index (χ1) is 18.7. The van der Waals surface area contributed by atoms with E-state index in [1.54, 1.807) is 20.8 Å². The number of hydrogen-bond donors (Lipinski definition) is 2. The van der Waals surface area contributed by atoms with Gasteiger partial charge in [0.1, 0.15) is 24.8 Å². The molecule has 0 aliphatic heterocycles. The van der Waals surface area contributed by atoms with Gasteiger partial charge in [0.15, 0.2) is 5.82 Å². The molecule has 39 heavy (non-hydrogen) atoms. The number of nitrogens with one attached hydrogen (secondary N) is 2. The van der Waals surface area contributed by atoms with E-state index in [2.05, 4.69) is 52.0 Å². The minimum absolute atomic E-state index is 0.0283. The lowest BCUT2D eigenvalue weighted by atomic mass is 9.98. The lowest BCUT2D eigenvalue weighted by Gasteiger charge is -2.22. The topological polar surface area (TPSA) is 125 Å². The van der Waals surface area contributed by atoms with Crippen molar-refractivity contribution in [2.45, 2.75) is 64.6 Å². The van der Waals surface area contributed by atoms with Crippen LogP contribution in [0.1, 0.15) is 75.3 Å². The zero-order chi connectivity index (χ0) is 27.8. The number of hydrogen-bond acceptors (Lipinski definition) is 8. The molecule has 208 valence electrons. The van der Waals surface area contributed by atoms with E-state index in [1.807, 2.05) is 24.3 Å². The molecule has 1 aliphatic carbocycles. The van der Waals surface area contributed by atoms with Crippen molar-refractivity contribution >= 4 is 12.2 Å². The van der Waals surface area contributed by atoms with Crippen LogP contribution in [0.4, 0.5) is 9.59 Å². The highest BCUT2D eigenvalue weighted by molar-refractivity contribution is 5.79. The Balaban J connectivity index is 1.32. The molecule has 0 spiro atoms. The molecule has 2 aromatic carbocycles. The summed E-state index contributed by atoms with van der Waals surface area (Å²) in [6.07, 6.45) is 0.663. The number of carbonyl (C=O) groups is 2. The number of rotatable bonds is 11. The first-order valence-corrected chi connectivity index (χ1v) is 13.2. The molecule has 0 fully saturated rings. The van der Waals surface area contributed by atoms with Gasteiger partial charge >= 0.3 is 12.2 Å². The van der Waals surface area contributed by atoms with E-state index in [4.69, 9.17) is 18.7 Å². The number of amides is 2. The van der Waals surface area contributed by atoms with Crippen molar-refractivity contribution in [1.82, 2.24) is 20.8 Å². The third-order valence-electron chi connectivity index (χ3n) is 6.14. The van der Waals surface area contributed by atoms with E-state index in [1.165, 1.54) is 0 Å². The van der Waals surface area contributed by atoms with Crippen molar-refractivity contribution in [3.8, 4) is 11.1 Å². The monoisotopic (exact) mass is 536 g/mol. The second-order valence-corrected chi connectivity index (χ2v) is 10.4. The van der Waals surface area contributed by atoms with E-state index in [-0.39, 0.29) is 37.4 Å². The Morgan fingerprint density at radius 3 is 2.33 bits per heavy atom. The Morgan fingerprint density at radius 1 is 1.03 bits per heavy atom. The maximum Gasteiger partial charge on any atom is 0.408 e. The Morgan fingerprint density at radius 2 is 1.69 bits per heavy atom. The molecule has 0 saturated carbocycles. The molecule has 0 bridgehead atoms. The highest BCUT2D eigenvalue weighted by Gasteiger charge is 2.29. The first kappa shape index (κ1) is 28.1. The summed E-state index contributed by atoms with van der Waals surface area (Å²) in [7, 11) is 0. The molecule has 2 amide bonds. The Hall–Kier alpha value is -3.92. The summed E-state index contributed by atoms with van der Waals surface area (Å²) in [6.45, 7) is 8.26. The van der Waals surface area contributed by atoms with Gasteiger partial charge in [0.2, 0.25) is 5.89 Å². The van der Waals surface area contributed by atoms with Crippen LogP contribution in [-0.2, 0) is 20.8 Å². The number of ether oxygens (including phenoxy) is 3. The number of aromatic nitrogens is 2. The van der Waals surface area contributed by atoms with Crippen LogP contribution in [-0.4, -0.2) is 47.7 Å². The fourth-order valence-electron chi connectivity index (χ4n) is 4.36. The van der Waals surface area contributed by atoms with Crippen LogP contribution in [0.25, 0.3) is 11.1 Å². The summed E-state index contributed by atoms with van der Waals surface area (Å²) in [5.74, 6) is 0.357. The third kappa shape index (κ3) is 7.57. The molecule has 2 N–H and O–H groups in total. The van der Waals surface area contributed by atoms with E-state index in [0.29, 0.717) is 6.61 Å². The second kappa shape index (κ2) is 12.8. The number of alkyl carbamates (subject to hydrolysis) is 2. The molecule has 3 aromatic rings. The first-order valence-electron chi connectivity index (χ1n) is 13.2. The summed E-state index contributed by atoms with van der Waals surface area (Å²) in [4.78, 5) is 29.2. The van der Waals surface area contributed by atoms with Crippen LogP contribution in [0.15, 0.2) is 53.1 Å². The van der Waals surface area contributed by atoms with Crippen LogP contribution in [0.3, 0.4) is 0 Å². The molecule has 0 radical (unpaired) electrons. The average Bonchev–Trinajstić information content (AvgIpc) is 3.50. The fraction of sp³-hybridized carbons (Fsp3) is 0.448. The molecular weight excluding hydrogens is 500 g/mol. The summed E-state index contributed by atoms with van der Waals surface area (Å²) in [6, 6.07) is 15.6. The number of benzene rings is 2. The maximum atomic E-state index is 12.5. The highest BCUT2D eigenvalue weighted by atomic mass is 16.6. The lowest BCUT2D eigenvalue weighted by molar-refractivity contribution is 0.0431. The van der Waals surface area contributed by atoms with E-state index >= 15 is 0 Å². The minimum atomic E-state index is -0.677. The van der Waals surface area contributed by atoms with Gasteiger partial charge in [-0.1, -0.05) is 67.0 Å². The Kier molecular flexibility index (Phi) is 9.19. The van der Waals surface area contributed by atoms with Crippen LogP contribution < -0.4 is 10.6 Å². The van der Waals surface area contributed by atoms with Gasteiger partial charge in [-0.2, -0.15) is 4.98 Å². The molecular formula is C29H36N4O6. The predicted octanol–water partition coefficient (Wildman–Crippen LogP) is 5.49. The zero-order valence-electron chi connectivity index (χ0n) is 22.9. The Bertz CT molecular complexity index is 1220. The van der Waals surface area contributed by atoms with Gasteiger partial charge < -0.3 is 29.4 Å². The molecule has 1 atom stereocenters. The van der Waals surface area contributed by atoms with Crippen molar-refractivity contribution in [2.24, 2.45) is 0 Å². The van der Waals surface area contributed by atoms with Gasteiger partial charge in [-0.25, -0.2) is 9.59 Å². The summed E-state index contributed by atoms with van der Waals surface area (Å²) >= 11 is 0. The largest absolute Gasteiger partial charge is 0.449 e. The highest BCUT2D eigenvalue weighted by Crippen LogP contribution is 2.44. The fourth-order valence-corrected chi connectivity index (χ4v) is 4.36. The average molecular weight is 537 g/mol. The van der Waals surface area contributed by atoms with Crippen LogP contribution in [0.5, 0.6) is 0 Å². The van der Waals surface area contributed by atoms with Gasteiger partial charge in [0.25, 0.3) is 0 Å². The molecule has 10 nitrogen and oxygen atoms in total. The molecule has 4 rings (SSSR count). The Labute approximate surface area is 228 Å². The smallest absolute Gasteiger partial charge is 0.408 e. The van der Waals surface area contributed by atoms with Gasteiger partial charge in [-0.3, -0.25) is 0 Å². The van der Waals surface area contributed by atoms with Crippen molar-refractivity contribution < 1.29 is 28.3 Å². The van der Waals surface area contributed by atoms with Gasteiger partial charge in [-0.15, -0.1) is 0 Å². The van der Waals surface area contributed by atoms with Gasteiger partial charge in [-0.05, 0) is 49.4 Å². The number of carbonyl (C=O) groups excluding carboxylic acids is 2. The molecule has 10 heteroatoms. The maximum absolute atomic E-state index is 12.5. The van der Waals surface area contributed by atoms with Crippen molar-refractivity contribution in [2.75, 3.05) is 19.8 Å². The van der Waals surface area contributed by atoms with Gasteiger partial charge in [0.05, 0.1) is 6.61 Å². The normalized spacial score (nSPS) is 13.3. The van der Waals surface area contributed by atoms with Crippen LogP contribution >= 0.6 is 0 Å². The van der Waals surface area contributed by atoms with E-state index in [0.717, 1.165) is 35.1 Å². The lowest BCUT2D eigenvalue weighted by Crippen LogP contribution is -2.37. The number of fused-ring (bicyclic) bond motifs is 3. The predicted molar refractivity (Wildman–Crippen MR) is 144 cm³/mol. The van der Waals surface area contributed by atoms with Crippen molar-refractivity contribution in [1.29, 1.82) is 0 Å². The SMILES string of the molecule is CCCCOC[C@H](NC(=O)OC(C)(C)C)c1noc(CNC(=O)OCC2c3ccccc3-c3ccccc32)n1. The standard InChI is InChI=1S/C29H36N4O6/c1-5-6-15-36-18-24(31-28(35)38-29(2,3)4)26-32-25(39-33-26)16-30-27(34)37-17-23-21-13-9-7-11-19(21)20-12-8-10-14-22(20)23/h7-14,23-24H,5-6,15-18H2,1-4H3,(H,30,34)(H,31,35)/t24-/m0/s1. The molecule has 0 unspecified atom stereocenters. The summed E-state index contributed by atoms with van der Waals surface area (Å²) in [5.41, 5.74) is 3.94. The third-order valence-corrected chi connectivity index (χ3v) is 6.14. The van der Waals surface area contributed by atoms with Crippen LogP contribution in [0, 0.1) is 0 Å². The summed E-state index contributed by atoms with van der Waals surface area (Å²) < 4.78 is 21.9. The number of nitrogens with zero attached hydrogens (tertiary/aromatic N) is 2.